The van der Waals surface area contributed by atoms with E-state index in [-0.39, 0.29) is 11.9 Å². The third-order valence-corrected chi connectivity index (χ3v) is 2.32. The molecule has 0 radical (unpaired) electrons. The van der Waals surface area contributed by atoms with E-state index in [2.05, 4.69) is 27.8 Å². The predicted molar refractivity (Wildman–Crippen MR) is 67.7 cm³/mol. The van der Waals surface area contributed by atoms with Crippen LogP contribution in [0.1, 0.15) is 33.0 Å². The first-order valence-corrected chi connectivity index (χ1v) is 6.25. The molecular weight excluding hydrogens is 232 g/mol. The molecular formula is C11H22N6O. The van der Waals surface area contributed by atoms with Crippen LogP contribution in [0.5, 0.6) is 0 Å². The molecule has 102 valence electrons. The monoisotopic (exact) mass is 254 g/mol. The van der Waals surface area contributed by atoms with E-state index in [1.807, 2.05) is 25.8 Å². The molecule has 0 aliphatic rings. The SMILES string of the molecule is CCCn1nnnc1CN(C)CC(=O)NC(C)C. The van der Waals surface area contributed by atoms with Gasteiger partial charge in [-0.2, -0.15) is 0 Å². The van der Waals surface area contributed by atoms with Crippen molar-refractivity contribution in [1.29, 1.82) is 0 Å². The van der Waals surface area contributed by atoms with E-state index in [1.54, 1.807) is 4.68 Å². The van der Waals surface area contributed by atoms with Crippen molar-refractivity contribution in [2.45, 2.75) is 46.3 Å². The number of hydrogen-bond acceptors (Lipinski definition) is 5. The van der Waals surface area contributed by atoms with E-state index in [4.69, 9.17) is 0 Å². The van der Waals surface area contributed by atoms with Gasteiger partial charge in [0.2, 0.25) is 5.91 Å². The highest BCUT2D eigenvalue weighted by Crippen LogP contribution is 1.99. The average molecular weight is 254 g/mol. The number of nitrogens with zero attached hydrogens (tertiary/aromatic N) is 5. The van der Waals surface area contributed by atoms with Crippen molar-refractivity contribution in [2.75, 3.05) is 13.6 Å². The number of tetrazole rings is 1. The van der Waals surface area contributed by atoms with E-state index >= 15 is 0 Å². The zero-order valence-electron chi connectivity index (χ0n) is 11.6. The molecule has 0 aliphatic heterocycles. The fourth-order valence-electron chi connectivity index (χ4n) is 1.63. The Balaban J connectivity index is 2.46. The summed E-state index contributed by atoms with van der Waals surface area (Å²) in [6.07, 6.45) is 0.982. The molecule has 0 spiro atoms. The Morgan fingerprint density at radius 2 is 2.22 bits per heavy atom. The second-order valence-electron chi connectivity index (χ2n) is 4.71. The zero-order valence-corrected chi connectivity index (χ0v) is 11.6. The predicted octanol–water partition coefficient (Wildman–Crippen LogP) is 0.0395. The quantitative estimate of drug-likeness (QED) is 0.743. The molecule has 1 rings (SSSR count). The van der Waals surface area contributed by atoms with E-state index in [0.29, 0.717) is 13.1 Å². The van der Waals surface area contributed by atoms with Crippen molar-refractivity contribution in [1.82, 2.24) is 30.4 Å². The van der Waals surface area contributed by atoms with Crippen molar-refractivity contribution >= 4 is 5.91 Å². The number of aryl methyl sites for hydroxylation is 1. The van der Waals surface area contributed by atoms with Gasteiger partial charge < -0.3 is 5.32 Å². The second-order valence-corrected chi connectivity index (χ2v) is 4.71. The molecule has 1 aromatic rings. The van der Waals surface area contributed by atoms with Crippen LogP contribution in [0.3, 0.4) is 0 Å². The molecule has 0 aromatic carbocycles. The summed E-state index contributed by atoms with van der Waals surface area (Å²) in [6.45, 7) is 7.68. The maximum Gasteiger partial charge on any atom is 0.234 e. The Morgan fingerprint density at radius 1 is 1.50 bits per heavy atom. The van der Waals surface area contributed by atoms with E-state index in [9.17, 15) is 4.79 Å². The summed E-state index contributed by atoms with van der Waals surface area (Å²) in [5, 5.41) is 14.4. The summed E-state index contributed by atoms with van der Waals surface area (Å²) < 4.78 is 1.77. The van der Waals surface area contributed by atoms with Gasteiger partial charge >= 0.3 is 0 Å². The largest absolute Gasteiger partial charge is 0.353 e. The Kier molecular flexibility index (Phi) is 5.70. The first-order valence-electron chi connectivity index (χ1n) is 6.25. The molecule has 1 heterocycles. The van der Waals surface area contributed by atoms with E-state index in [1.165, 1.54) is 0 Å². The molecule has 0 fully saturated rings. The molecule has 1 aromatic heterocycles. The van der Waals surface area contributed by atoms with Gasteiger partial charge in [0.15, 0.2) is 5.82 Å². The maximum atomic E-state index is 11.6. The highest BCUT2D eigenvalue weighted by Gasteiger charge is 2.12. The highest BCUT2D eigenvalue weighted by molar-refractivity contribution is 5.78. The van der Waals surface area contributed by atoms with Crippen molar-refractivity contribution < 1.29 is 4.79 Å². The van der Waals surface area contributed by atoms with Crippen LogP contribution in [0.2, 0.25) is 0 Å². The topological polar surface area (TPSA) is 75.9 Å². The second kappa shape index (κ2) is 7.05. The lowest BCUT2D eigenvalue weighted by atomic mass is 10.3. The number of rotatable bonds is 7. The van der Waals surface area contributed by atoms with Crippen molar-refractivity contribution in [2.24, 2.45) is 0 Å². The van der Waals surface area contributed by atoms with Gasteiger partial charge in [-0.15, -0.1) is 5.10 Å². The molecule has 0 unspecified atom stereocenters. The Morgan fingerprint density at radius 3 is 2.83 bits per heavy atom. The third-order valence-electron chi connectivity index (χ3n) is 2.32. The fraction of sp³-hybridized carbons (Fsp3) is 0.818. The Hall–Kier alpha value is -1.50. The van der Waals surface area contributed by atoms with Crippen LogP contribution in [-0.2, 0) is 17.9 Å². The molecule has 1 N–H and O–H groups in total. The first kappa shape index (κ1) is 14.6. The van der Waals surface area contributed by atoms with E-state index < -0.39 is 0 Å². The minimum Gasteiger partial charge on any atom is -0.353 e. The fourth-order valence-corrected chi connectivity index (χ4v) is 1.63. The van der Waals surface area contributed by atoms with Gasteiger partial charge in [-0.3, -0.25) is 9.69 Å². The summed E-state index contributed by atoms with van der Waals surface area (Å²) in [5.41, 5.74) is 0. The molecule has 1 amide bonds. The van der Waals surface area contributed by atoms with Gasteiger partial charge in [0.25, 0.3) is 0 Å². The summed E-state index contributed by atoms with van der Waals surface area (Å²) in [6, 6.07) is 0.163. The maximum absolute atomic E-state index is 11.6. The minimum atomic E-state index is 0.0158. The lowest BCUT2D eigenvalue weighted by Gasteiger charge is -2.16. The number of carbonyl (C=O) groups is 1. The Labute approximate surface area is 108 Å². The van der Waals surface area contributed by atoms with Crippen molar-refractivity contribution in [3.05, 3.63) is 5.82 Å². The van der Waals surface area contributed by atoms with E-state index in [0.717, 1.165) is 18.8 Å². The van der Waals surface area contributed by atoms with Crippen LogP contribution in [0.15, 0.2) is 0 Å². The molecule has 18 heavy (non-hydrogen) atoms. The summed E-state index contributed by atoms with van der Waals surface area (Å²) in [7, 11) is 1.88. The van der Waals surface area contributed by atoms with Gasteiger partial charge in [0.1, 0.15) is 0 Å². The van der Waals surface area contributed by atoms with Crippen LogP contribution in [0, 0.1) is 0 Å². The van der Waals surface area contributed by atoms with Gasteiger partial charge in [0.05, 0.1) is 13.1 Å². The van der Waals surface area contributed by atoms with Gasteiger partial charge in [-0.25, -0.2) is 4.68 Å². The number of aromatic nitrogens is 4. The molecule has 0 saturated carbocycles. The van der Waals surface area contributed by atoms with Crippen molar-refractivity contribution in [3.63, 3.8) is 0 Å². The molecule has 0 atom stereocenters. The summed E-state index contributed by atoms with van der Waals surface area (Å²) in [5.74, 6) is 0.804. The van der Waals surface area contributed by atoms with Crippen molar-refractivity contribution in [3.8, 4) is 0 Å². The standard InChI is InChI=1S/C11H22N6O/c1-5-6-17-10(13-14-15-17)7-16(4)8-11(18)12-9(2)3/h9H,5-8H2,1-4H3,(H,12,18). The summed E-state index contributed by atoms with van der Waals surface area (Å²) >= 11 is 0. The molecule has 0 saturated heterocycles. The molecule has 7 nitrogen and oxygen atoms in total. The minimum absolute atomic E-state index is 0.0158. The van der Waals surface area contributed by atoms with Crippen LogP contribution < -0.4 is 5.32 Å². The highest BCUT2D eigenvalue weighted by atomic mass is 16.2. The molecule has 0 aliphatic carbocycles. The third kappa shape index (κ3) is 4.79. The number of hydrogen-bond donors (Lipinski definition) is 1. The summed E-state index contributed by atoms with van der Waals surface area (Å²) in [4.78, 5) is 13.5. The van der Waals surface area contributed by atoms with Crippen LogP contribution >= 0.6 is 0 Å². The number of carbonyl (C=O) groups excluding carboxylic acids is 1. The number of nitrogens with one attached hydrogen (secondary N) is 1. The number of likely N-dealkylation sites (N-methyl/N-ethyl adjacent to an activating group) is 1. The smallest absolute Gasteiger partial charge is 0.234 e. The Bertz CT molecular complexity index is 375. The van der Waals surface area contributed by atoms with Crippen LogP contribution in [-0.4, -0.2) is 50.6 Å². The average Bonchev–Trinajstić information content (AvgIpc) is 2.64. The van der Waals surface area contributed by atoms with Crippen LogP contribution in [0.25, 0.3) is 0 Å². The first-order chi connectivity index (χ1) is 8.52. The van der Waals surface area contributed by atoms with Gasteiger partial charge in [-0.05, 0) is 37.7 Å². The van der Waals surface area contributed by atoms with Gasteiger partial charge in [0, 0.05) is 12.6 Å². The normalized spacial score (nSPS) is 11.2. The molecule has 7 heteroatoms. The lowest BCUT2D eigenvalue weighted by molar-refractivity contribution is -0.122. The van der Waals surface area contributed by atoms with Gasteiger partial charge in [-0.1, -0.05) is 6.92 Å². The zero-order chi connectivity index (χ0) is 13.5. The number of amides is 1. The van der Waals surface area contributed by atoms with Crippen LogP contribution in [0.4, 0.5) is 0 Å². The molecule has 0 bridgehead atoms. The lowest BCUT2D eigenvalue weighted by Crippen LogP contribution is -2.38.